The van der Waals surface area contributed by atoms with E-state index in [4.69, 9.17) is 4.74 Å². The van der Waals surface area contributed by atoms with Gasteiger partial charge in [-0.25, -0.2) is 4.39 Å². The van der Waals surface area contributed by atoms with E-state index >= 15 is 0 Å². The van der Waals surface area contributed by atoms with Crippen LogP contribution in [0.2, 0.25) is 0 Å². The van der Waals surface area contributed by atoms with Crippen LogP contribution in [-0.2, 0) is 16.1 Å². The molecule has 164 valence electrons. The van der Waals surface area contributed by atoms with E-state index in [-0.39, 0.29) is 24.1 Å². The van der Waals surface area contributed by atoms with Gasteiger partial charge in [0, 0.05) is 49.6 Å². The van der Waals surface area contributed by atoms with Gasteiger partial charge in [0.25, 0.3) is 0 Å². The molecule has 4 rings (SSSR count). The quantitative estimate of drug-likeness (QED) is 0.375. The molecule has 0 aliphatic rings. The molecule has 0 aliphatic carbocycles. The minimum atomic E-state index is -0.288. The molecule has 4 nitrogen and oxygen atoms in total. The van der Waals surface area contributed by atoms with Crippen molar-refractivity contribution in [1.82, 2.24) is 9.88 Å². The molecule has 5 heteroatoms. The Bertz CT molecular complexity index is 1170. The summed E-state index contributed by atoms with van der Waals surface area (Å²) in [5.41, 5.74) is 4.29. The van der Waals surface area contributed by atoms with Crippen molar-refractivity contribution in [1.29, 1.82) is 0 Å². The van der Waals surface area contributed by atoms with Gasteiger partial charge in [0.1, 0.15) is 5.82 Å². The number of hydrogen-bond acceptors (Lipinski definition) is 2. The van der Waals surface area contributed by atoms with Gasteiger partial charge in [-0.1, -0.05) is 60.7 Å². The zero-order valence-corrected chi connectivity index (χ0v) is 18.1. The zero-order valence-electron chi connectivity index (χ0n) is 18.1. The van der Waals surface area contributed by atoms with Crippen molar-refractivity contribution in [3.8, 4) is 0 Å². The summed E-state index contributed by atoms with van der Waals surface area (Å²) in [4.78, 5) is 12.7. The number of amides is 1. The molecule has 1 amide bonds. The summed E-state index contributed by atoms with van der Waals surface area (Å²) < 4.78 is 20.9. The molecule has 0 spiro atoms. The number of methoxy groups -OCH3 is 1. The Labute approximate surface area is 187 Å². The van der Waals surface area contributed by atoms with Crippen molar-refractivity contribution < 1.29 is 13.9 Å². The molecule has 32 heavy (non-hydrogen) atoms. The van der Waals surface area contributed by atoms with Crippen LogP contribution in [0.3, 0.4) is 0 Å². The molecule has 0 bridgehead atoms. The Balaban J connectivity index is 1.73. The average Bonchev–Trinajstić information content (AvgIpc) is 3.17. The van der Waals surface area contributed by atoms with Gasteiger partial charge < -0.3 is 14.6 Å². The Hall–Kier alpha value is -3.44. The highest BCUT2D eigenvalue weighted by Crippen LogP contribution is 2.35. The van der Waals surface area contributed by atoms with E-state index in [0.29, 0.717) is 13.2 Å². The summed E-state index contributed by atoms with van der Waals surface area (Å²) in [6, 6.07) is 25.0. The van der Waals surface area contributed by atoms with E-state index in [0.717, 1.165) is 28.6 Å². The number of benzene rings is 3. The van der Waals surface area contributed by atoms with Gasteiger partial charge in [-0.05, 0) is 34.9 Å². The second-order valence-electron chi connectivity index (χ2n) is 7.87. The first-order valence-electron chi connectivity index (χ1n) is 10.8. The lowest BCUT2D eigenvalue weighted by Gasteiger charge is -2.17. The first-order chi connectivity index (χ1) is 15.7. The van der Waals surface area contributed by atoms with Gasteiger partial charge in [-0.15, -0.1) is 0 Å². The predicted octanol–water partition coefficient (Wildman–Crippen LogP) is 5.11. The van der Waals surface area contributed by atoms with Crippen LogP contribution in [0.4, 0.5) is 4.39 Å². The summed E-state index contributed by atoms with van der Waals surface area (Å²) in [5.74, 6) is -0.542. The van der Waals surface area contributed by atoms with E-state index < -0.39 is 0 Å². The molecule has 4 aromatic rings. The topological polar surface area (TPSA) is 43.3 Å². The van der Waals surface area contributed by atoms with Gasteiger partial charge in [-0.3, -0.25) is 4.79 Å². The third-order valence-corrected chi connectivity index (χ3v) is 5.68. The second-order valence-corrected chi connectivity index (χ2v) is 7.87. The van der Waals surface area contributed by atoms with Crippen LogP contribution in [0.15, 0.2) is 85.1 Å². The molecule has 1 aromatic heterocycles. The minimum Gasteiger partial charge on any atom is -0.383 e. The van der Waals surface area contributed by atoms with E-state index in [9.17, 15) is 9.18 Å². The number of carbonyl (C=O) groups is 1. The first kappa shape index (κ1) is 21.8. The number of para-hydroxylation sites is 1. The third-order valence-electron chi connectivity index (χ3n) is 5.68. The maximum absolute atomic E-state index is 13.6. The van der Waals surface area contributed by atoms with Crippen LogP contribution in [-0.4, -0.2) is 30.7 Å². The number of ether oxygens (including phenoxy) is 1. The fourth-order valence-corrected chi connectivity index (χ4v) is 4.12. The summed E-state index contributed by atoms with van der Waals surface area (Å²) in [6.45, 7) is 1.65. The smallest absolute Gasteiger partial charge is 0.221 e. The molecular weight excluding hydrogens is 403 g/mol. The lowest BCUT2D eigenvalue weighted by atomic mass is 9.88. The SMILES string of the molecule is COCCNC(=O)CC(c1ccc(F)cc1)c1cn(Cc2ccccc2)c2ccccc12. The molecule has 1 N–H and O–H groups in total. The van der Waals surface area contributed by atoms with E-state index in [2.05, 4.69) is 40.3 Å². The molecular formula is C27H27FN2O2. The lowest BCUT2D eigenvalue weighted by Crippen LogP contribution is -2.28. The van der Waals surface area contributed by atoms with Crippen LogP contribution in [0.5, 0.6) is 0 Å². The Morgan fingerprint density at radius 2 is 1.72 bits per heavy atom. The molecule has 1 atom stereocenters. The standard InChI is InChI=1S/C27H27FN2O2/c1-32-16-15-29-27(31)17-24(21-11-13-22(28)14-12-21)25-19-30(18-20-7-3-2-4-8-20)26-10-6-5-9-23(25)26/h2-14,19,24H,15-18H2,1H3,(H,29,31). The van der Waals surface area contributed by atoms with Gasteiger partial charge in [-0.2, -0.15) is 0 Å². The zero-order chi connectivity index (χ0) is 22.3. The molecule has 3 aromatic carbocycles. The Morgan fingerprint density at radius 1 is 1.00 bits per heavy atom. The van der Waals surface area contributed by atoms with Crippen LogP contribution >= 0.6 is 0 Å². The summed E-state index contributed by atoms with van der Waals surface area (Å²) in [7, 11) is 1.61. The predicted molar refractivity (Wildman–Crippen MR) is 125 cm³/mol. The molecule has 0 saturated heterocycles. The van der Waals surface area contributed by atoms with Crippen molar-refractivity contribution in [3.05, 3.63) is 108 Å². The number of halogens is 1. The summed E-state index contributed by atoms with van der Waals surface area (Å²) in [5, 5.41) is 4.01. The van der Waals surface area contributed by atoms with E-state index in [1.807, 2.05) is 30.3 Å². The number of fused-ring (bicyclic) bond motifs is 1. The molecule has 0 fully saturated rings. The number of nitrogens with one attached hydrogen (secondary N) is 1. The number of hydrogen-bond donors (Lipinski definition) is 1. The molecule has 0 saturated carbocycles. The van der Waals surface area contributed by atoms with Crippen molar-refractivity contribution >= 4 is 16.8 Å². The van der Waals surface area contributed by atoms with Crippen LogP contribution in [0.25, 0.3) is 10.9 Å². The van der Waals surface area contributed by atoms with Crippen LogP contribution < -0.4 is 5.32 Å². The van der Waals surface area contributed by atoms with E-state index in [1.54, 1.807) is 19.2 Å². The fraction of sp³-hybridized carbons (Fsp3) is 0.222. The van der Waals surface area contributed by atoms with Crippen molar-refractivity contribution in [2.24, 2.45) is 0 Å². The number of aromatic nitrogens is 1. The molecule has 0 aliphatic heterocycles. The fourth-order valence-electron chi connectivity index (χ4n) is 4.12. The maximum atomic E-state index is 13.6. The summed E-state index contributed by atoms with van der Waals surface area (Å²) >= 11 is 0. The van der Waals surface area contributed by atoms with Crippen LogP contribution in [0.1, 0.15) is 29.0 Å². The molecule has 1 unspecified atom stereocenters. The third kappa shape index (κ3) is 5.06. The molecule has 0 radical (unpaired) electrons. The van der Waals surface area contributed by atoms with E-state index in [1.165, 1.54) is 17.7 Å². The summed E-state index contributed by atoms with van der Waals surface area (Å²) in [6.07, 6.45) is 2.41. The van der Waals surface area contributed by atoms with Crippen molar-refractivity contribution in [2.45, 2.75) is 18.9 Å². The minimum absolute atomic E-state index is 0.0590. The monoisotopic (exact) mass is 430 g/mol. The second kappa shape index (κ2) is 10.2. The highest BCUT2D eigenvalue weighted by molar-refractivity contribution is 5.86. The highest BCUT2D eigenvalue weighted by Gasteiger charge is 2.23. The maximum Gasteiger partial charge on any atom is 0.221 e. The average molecular weight is 431 g/mol. The normalized spacial score (nSPS) is 12.1. The van der Waals surface area contributed by atoms with Gasteiger partial charge in [0.2, 0.25) is 5.91 Å². The largest absolute Gasteiger partial charge is 0.383 e. The number of rotatable bonds is 9. The Kier molecular flexibility index (Phi) is 6.97. The number of carbonyl (C=O) groups excluding carboxylic acids is 1. The van der Waals surface area contributed by atoms with Gasteiger partial charge >= 0.3 is 0 Å². The van der Waals surface area contributed by atoms with Crippen molar-refractivity contribution in [2.75, 3.05) is 20.3 Å². The number of nitrogens with zero attached hydrogens (tertiary/aromatic N) is 1. The lowest BCUT2D eigenvalue weighted by molar-refractivity contribution is -0.121. The van der Waals surface area contributed by atoms with Crippen LogP contribution in [0, 0.1) is 5.82 Å². The molecule has 1 heterocycles. The van der Waals surface area contributed by atoms with Crippen molar-refractivity contribution in [3.63, 3.8) is 0 Å². The van der Waals surface area contributed by atoms with Gasteiger partial charge in [0.05, 0.1) is 6.61 Å². The van der Waals surface area contributed by atoms with Gasteiger partial charge in [0.15, 0.2) is 0 Å². The Morgan fingerprint density at radius 3 is 2.47 bits per heavy atom. The first-order valence-corrected chi connectivity index (χ1v) is 10.8. The highest BCUT2D eigenvalue weighted by atomic mass is 19.1.